The van der Waals surface area contributed by atoms with Crippen molar-refractivity contribution in [3.8, 4) is 11.4 Å². The summed E-state index contributed by atoms with van der Waals surface area (Å²) in [6.07, 6.45) is 1.38. The van der Waals surface area contributed by atoms with Gasteiger partial charge < -0.3 is 10.1 Å². The number of ether oxygens (including phenoxy) is 1. The van der Waals surface area contributed by atoms with Gasteiger partial charge in [-0.3, -0.25) is 0 Å². The Hall–Kier alpha value is -3.22. The van der Waals surface area contributed by atoms with Gasteiger partial charge in [-0.15, -0.1) is 0 Å². The summed E-state index contributed by atoms with van der Waals surface area (Å²) in [5.74, 6) is -0.320. The second kappa shape index (κ2) is 7.77. The SMILES string of the molecule is Cc1c(OC(=O)NCCc2ccc(F)cc2)cnn1-c1ccc(F)cc1. The third kappa shape index (κ3) is 4.24. The third-order valence-electron chi connectivity index (χ3n) is 3.83. The van der Waals surface area contributed by atoms with E-state index in [2.05, 4.69) is 10.4 Å². The van der Waals surface area contributed by atoms with Crippen LogP contribution in [0.15, 0.2) is 54.7 Å². The molecule has 134 valence electrons. The lowest BCUT2D eigenvalue weighted by Crippen LogP contribution is -2.28. The van der Waals surface area contributed by atoms with E-state index in [1.54, 1.807) is 35.9 Å². The number of carbonyl (C=O) groups is 1. The maximum atomic E-state index is 13.0. The monoisotopic (exact) mass is 357 g/mol. The van der Waals surface area contributed by atoms with Gasteiger partial charge in [-0.25, -0.2) is 18.3 Å². The zero-order valence-electron chi connectivity index (χ0n) is 14.1. The first-order valence-corrected chi connectivity index (χ1v) is 8.03. The van der Waals surface area contributed by atoms with Crippen molar-refractivity contribution >= 4 is 6.09 Å². The van der Waals surface area contributed by atoms with Crippen LogP contribution in [0.2, 0.25) is 0 Å². The molecule has 3 aromatic rings. The van der Waals surface area contributed by atoms with E-state index in [0.29, 0.717) is 30.1 Å². The van der Waals surface area contributed by atoms with Crippen LogP contribution < -0.4 is 10.1 Å². The molecule has 0 saturated heterocycles. The largest absolute Gasteiger partial charge is 0.412 e. The van der Waals surface area contributed by atoms with Crippen LogP contribution in [-0.4, -0.2) is 22.4 Å². The number of amides is 1. The lowest BCUT2D eigenvalue weighted by Gasteiger charge is -2.07. The van der Waals surface area contributed by atoms with Crippen LogP contribution in [0, 0.1) is 18.6 Å². The molecule has 3 rings (SSSR count). The zero-order valence-corrected chi connectivity index (χ0v) is 14.1. The Labute approximate surface area is 149 Å². The minimum absolute atomic E-state index is 0.297. The highest BCUT2D eigenvalue weighted by Gasteiger charge is 2.13. The molecule has 0 radical (unpaired) electrons. The van der Waals surface area contributed by atoms with Crippen molar-refractivity contribution < 1.29 is 18.3 Å². The van der Waals surface area contributed by atoms with E-state index in [0.717, 1.165) is 5.56 Å². The summed E-state index contributed by atoms with van der Waals surface area (Å²) in [4.78, 5) is 11.9. The lowest BCUT2D eigenvalue weighted by atomic mass is 10.1. The molecule has 0 fully saturated rings. The zero-order chi connectivity index (χ0) is 18.5. The lowest BCUT2D eigenvalue weighted by molar-refractivity contribution is 0.200. The number of aromatic nitrogens is 2. The minimum atomic E-state index is -0.603. The van der Waals surface area contributed by atoms with Crippen molar-refractivity contribution in [1.82, 2.24) is 15.1 Å². The van der Waals surface area contributed by atoms with Crippen molar-refractivity contribution in [3.63, 3.8) is 0 Å². The molecule has 1 heterocycles. The highest BCUT2D eigenvalue weighted by atomic mass is 19.1. The van der Waals surface area contributed by atoms with Crippen molar-refractivity contribution in [2.45, 2.75) is 13.3 Å². The Morgan fingerprint density at radius 2 is 1.69 bits per heavy atom. The molecule has 5 nitrogen and oxygen atoms in total. The van der Waals surface area contributed by atoms with Crippen molar-refractivity contribution in [2.24, 2.45) is 0 Å². The van der Waals surface area contributed by atoms with Crippen LogP contribution in [0.5, 0.6) is 5.75 Å². The van der Waals surface area contributed by atoms with Crippen LogP contribution in [0.25, 0.3) is 5.69 Å². The summed E-state index contributed by atoms with van der Waals surface area (Å²) >= 11 is 0. The van der Waals surface area contributed by atoms with Gasteiger partial charge in [0, 0.05) is 6.54 Å². The summed E-state index contributed by atoms with van der Waals surface area (Å²) in [5.41, 5.74) is 2.19. The van der Waals surface area contributed by atoms with Crippen molar-refractivity contribution in [1.29, 1.82) is 0 Å². The van der Waals surface area contributed by atoms with Gasteiger partial charge in [0.05, 0.1) is 17.6 Å². The van der Waals surface area contributed by atoms with Gasteiger partial charge in [-0.1, -0.05) is 12.1 Å². The summed E-state index contributed by atoms with van der Waals surface area (Å²) in [6.45, 7) is 2.10. The molecule has 1 aromatic heterocycles. The van der Waals surface area contributed by atoms with E-state index < -0.39 is 6.09 Å². The minimum Gasteiger partial charge on any atom is -0.407 e. The second-order valence-electron chi connectivity index (χ2n) is 5.68. The predicted octanol–water partition coefficient (Wildman–Crippen LogP) is 3.79. The summed E-state index contributed by atoms with van der Waals surface area (Å²) in [7, 11) is 0. The number of carbonyl (C=O) groups excluding carboxylic acids is 1. The number of hydrogen-bond donors (Lipinski definition) is 1. The summed E-state index contributed by atoms with van der Waals surface area (Å²) < 4.78 is 32.7. The second-order valence-corrected chi connectivity index (χ2v) is 5.68. The topological polar surface area (TPSA) is 56.1 Å². The summed E-state index contributed by atoms with van der Waals surface area (Å²) in [6, 6.07) is 11.9. The maximum Gasteiger partial charge on any atom is 0.412 e. The third-order valence-corrected chi connectivity index (χ3v) is 3.83. The molecule has 0 bridgehead atoms. The van der Waals surface area contributed by atoms with E-state index in [9.17, 15) is 13.6 Å². The van der Waals surface area contributed by atoms with Crippen LogP contribution in [0.4, 0.5) is 13.6 Å². The van der Waals surface area contributed by atoms with E-state index in [1.807, 2.05) is 0 Å². The number of halogens is 2. The van der Waals surface area contributed by atoms with Gasteiger partial charge in [0.15, 0.2) is 5.75 Å². The molecule has 1 amide bonds. The number of hydrogen-bond acceptors (Lipinski definition) is 3. The van der Waals surface area contributed by atoms with Gasteiger partial charge in [0.1, 0.15) is 11.6 Å². The first kappa shape index (κ1) is 17.6. The Morgan fingerprint density at radius 3 is 2.35 bits per heavy atom. The summed E-state index contributed by atoms with van der Waals surface area (Å²) in [5, 5.41) is 6.79. The van der Waals surface area contributed by atoms with Gasteiger partial charge in [-0.05, 0) is 55.3 Å². The van der Waals surface area contributed by atoms with Gasteiger partial charge in [0.25, 0.3) is 0 Å². The van der Waals surface area contributed by atoms with E-state index in [1.165, 1.54) is 30.5 Å². The quantitative estimate of drug-likeness (QED) is 0.756. The van der Waals surface area contributed by atoms with Crippen molar-refractivity contribution in [2.75, 3.05) is 6.54 Å². The molecule has 1 N–H and O–H groups in total. The molecule has 0 aliphatic heterocycles. The molecular formula is C19H17F2N3O2. The van der Waals surface area contributed by atoms with Crippen LogP contribution in [0.3, 0.4) is 0 Å². The Kier molecular flexibility index (Phi) is 5.26. The van der Waals surface area contributed by atoms with Crippen molar-refractivity contribution in [3.05, 3.63) is 77.6 Å². The molecule has 0 spiro atoms. The van der Waals surface area contributed by atoms with Crippen LogP contribution >= 0.6 is 0 Å². The molecule has 0 aliphatic rings. The molecule has 2 aromatic carbocycles. The number of rotatable bonds is 5. The molecular weight excluding hydrogens is 340 g/mol. The van der Waals surface area contributed by atoms with Gasteiger partial charge in [-0.2, -0.15) is 5.10 Å². The van der Waals surface area contributed by atoms with Gasteiger partial charge in [0.2, 0.25) is 0 Å². The maximum absolute atomic E-state index is 13.0. The average molecular weight is 357 g/mol. The Morgan fingerprint density at radius 1 is 1.08 bits per heavy atom. The number of benzene rings is 2. The predicted molar refractivity (Wildman–Crippen MR) is 92.4 cm³/mol. The smallest absolute Gasteiger partial charge is 0.407 e. The normalized spacial score (nSPS) is 10.6. The fourth-order valence-electron chi connectivity index (χ4n) is 2.43. The van der Waals surface area contributed by atoms with Crippen LogP contribution in [0.1, 0.15) is 11.3 Å². The molecule has 0 unspecified atom stereocenters. The number of nitrogens with zero attached hydrogens (tertiary/aromatic N) is 2. The van der Waals surface area contributed by atoms with E-state index in [4.69, 9.17) is 4.74 Å². The fraction of sp³-hybridized carbons (Fsp3) is 0.158. The molecule has 0 aliphatic carbocycles. The van der Waals surface area contributed by atoms with E-state index in [-0.39, 0.29) is 11.6 Å². The van der Waals surface area contributed by atoms with Gasteiger partial charge >= 0.3 is 6.09 Å². The fourth-order valence-corrected chi connectivity index (χ4v) is 2.43. The number of nitrogens with one attached hydrogen (secondary N) is 1. The molecule has 26 heavy (non-hydrogen) atoms. The van der Waals surface area contributed by atoms with E-state index >= 15 is 0 Å². The molecule has 7 heteroatoms. The molecule has 0 atom stereocenters. The first-order chi connectivity index (χ1) is 12.5. The standard InChI is InChI=1S/C19H17F2N3O2/c1-13-18(12-23-24(13)17-8-6-16(21)7-9-17)26-19(25)22-11-10-14-2-4-15(20)5-3-14/h2-9,12H,10-11H2,1H3,(H,22,25). The Bertz CT molecular complexity index is 890. The Balaban J connectivity index is 1.56. The first-order valence-electron chi connectivity index (χ1n) is 8.03. The highest BCUT2D eigenvalue weighted by molar-refractivity contribution is 5.70. The van der Waals surface area contributed by atoms with Crippen LogP contribution in [-0.2, 0) is 6.42 Å². The highest BCUT2D eigenvalue weighted by Crippen LogP contribution is 2.20. The molecule has 0 saturated carbocycles. The average Bonchev–Trinajstić information content (AvgIpc) is 2.98.